The molecule has 0 aliphatic heterocycles. The van der Waals surface area contributed by atoms with Crippen LogP contribution in [0.1, 0.15) is 6.92 Å². The topological polar surface area (TPSA) is 48.1 Å². The number of aryl methyl sites for hydroxylation is 1. The third-order valence-electron chi connectivity index (χ3n) is 3.56. The van der Waals surface area contributed by atoms with Crippen LogP contribution >= 0.6 is 0 Å². The maximum Gasteiger partial charge on any atom is 0.270 e. The summed E-state index contributed by atoms with van der Waals surface area (Å²) in [6.45, 7) is 2.62. The lowest BCUT2D eigenvalue weighted by Crippen LogP contribution is -1.98. The van der Waals surface area contributed by atoms with E-state index in [0.717, 1.165) is 16.6 Å². The van der Waals surface area contributed by atoms with E-state index in [0.29, 0.717) is 12.1 Å². The lowest BCUT2D eigenvalue weighted by Gasteiger charge is -2.08. The summed E-state index contributed by atoms with van der Waals surface area (Å²) in [4.78, 5) is 10.4. The standard InChI is InChI=1S/C16H13FN2O2/c1-2-18-15-8-7-12(19(20)21)9-11(15)10-16(18)13-5-3-4-6-14(13)17/h3-10H,2H2,1H3. The molecule has 0 aliphatic rings. The molecular weight excluding hydrogens is 271 g/mol. The van der Waals surface area contributed by atoms with E-state index in [1.165, 1.54) is 18.2 Å². The van der Waals surface area contributed by atoms with Gasteiger partial charge in [-0.1, -0.05) is 12.1 Å². The van der Waals surface area contributed by atoms with E-state index >= 15 is 0 Å². The van der Waals surface area contributed by atoms with Crippen LogP contribution in [0, 0.1) is 15.9 Å². The Balaban J connectivity index is 2.28. The first-order chi connectivity index (χ1) is 10.1. The molecule has 0 saturated carbocycles. The van der Waals surface area contributed by atoms with Crippen molar-refractivity contribution in [1.82, 2.24) is 4.57 Å². The fourth-order valence-corrected chi connectivity index (χ4v) is 2.60. The molecule has 0 aliphatic carbocycles. The Bertz CT molecular complexity index is 839. The second-order valence-corrected chi connectivity index (χ2v) is 4.75. The van der Waals surface area contributed by atoms with E-state index in [1.807, 2.05) is 11.5 Å². The van der Waals surface area contributed by atoms with E-state index in [-0.39, 0.29) is 11.5 Å². The Morgan fingerprint density at radius 1 is 1.19 bits per heavy atom. The highest BCUT2D eigenvalue weighted by Crippen LogP contribution is 2.31. The molecule has 0 N–H and O–H groups in total. The number of nitro groups is 1. The predicted octanol–water partition coefficient (Wildman–Crippen LogP) is 4.38. The van der Waals surface area contributed by atoms with Gasteiger partial charge in [-0.25, -0.2) is 4.39 Å². The number of non-ortho nitro benzene ring substituents is 1. The van der Waals surface area contributed by atoms with Gasteiger partial charge in [-0.15, -0.1) is 0 Å². The summed E-state index contributed by atoms with van der Waals surface area (Å²) >= 11 is 0. The number of hydrogen-bond donors (Lipinski definition) is 0. The van der Waals surface area contributed by atoms with Gasteiger partial charge in [0.15, 0.2) is 0 Å². The number of nitro benzene ring substituents is 1. The van der Waals surface area contributed by atoms with E-state index < -0.39 is 4.92 Å². The minimum Gasteiger partial charge on any atom is -0.341 e. The van der Waals surface area contributed by atoms with Gasteiger partial charge in [0.25, 0.3) is 5.69 Å². The Labute approximate surface area is 120 Å². The molecule has 0 unspecified atom stereocenters. The van der Waals surface area contributed by atoms with Crippen LogP contribution in [0.25, 0.3) is 22.2 Å². The zero-order valence-electron chi connectivity index (χ0n) is 11.4. The number of fused-ring (bicyclic) bond motifs is 1. The minimum atomic E-state index is -0.425. The maximum absolute atomic E-state index is 14.0. The lowest BCUT2D eigenvalue weighted by molar-refractivity contribution is -0.384. The molecule has 0 atom stereocenters. The summed E-state index contributed by atoms with van der Waals surface area (Å²) < 4.78 is 16.0. The minimum absolute atomic E-state index is 0.0378. The largest absolute Gasteiger partial charge is 0.341 e. The van der Waals surface area contributed by atoms with Gasteiger partial charge in [0, 0.05) is 35.1 Å². The zero-order chi connectivity index (χ0) is 15.0. The number of benzene rings is 2. The molecule has 4 nitrogen and oxygen atoms in total. The monoisotopic (exact) mass is 284 g/mol. The summed E-state index contributed by atoms with van der Waals surface area (Å²) in [6, 6.07) is 13.0. The Morgan fingerprint density at radius 3 is 2.62 bits per heavy atom. The summed E-state index contributed by atoms with van der Waals surface area (Å²) in [6.07, 6.45) is 0. The molecule has 0 amide bonds. The molecule has 3 aromatic rings. The summed E-state index contributed by atoms with van der Waals surface area (Å²) in [7, 11) is 0. The second-order valence-electron chi connectivity index (χ2n) is 4.75. The van der Waals surface area contributed by atoms with Crippen molar-refractivity contribution in [1.29, 1.82) is 0 Å². The molecule has 0 fully saturated rings. The maximum atomic E-state index is 14.0. The van der Waals surface area contributed by atoms with Crippen LogP contribution in [0.5, 0.6) is 0 Å². The molecule has 21 heavy (non-hydrogen) atoms. The quantitative estimate of drug-likeness (QED) is 0.529. The highest BCUT2D eigenvalue weighted by molar-refractivity contribution is 5.88. The molecule has 106 valence electrons. The van der Waals surface area contributed by atoms with Crippen molar-refractivity contribution in [3.05, 3.63) is 64.5 Å². The molecule has 0 spiro atoms. The van der Waals surface area contributed by atoms with Crippen LogP contribution in [0.4, 0.5) is 10.1 Å². The van der Waals surface area contributed by atoms with Crippen molar-refractivity contribution >= 4 is 16.6 Å². The van der Waals surface area contributed by atoms with E-state index in [9.17, 15) is 14.5 Å². The molecule has 1 heterocycles. The van der Waals surface area contributed by atoms with Crippen molar-refractivity contribution in [2.75, 3.05) is 0 Å². The molecule has 2 aromatic carbocycles. The first kappa shape index (κ1) is 13.3. The van der Waals surface area contributed by atoms with E-state index in [1.54, 1.807) is 30.3 Å². The molecule has 0 bridgehead atoms. The SMILES string of the molecule is CCn1c(-c2ccccc2F)cc2cc([N+](=O)[O-])ccc21. The smallest absolute Gasteiger partial charge is 0.270 e. The first-order valence-corrected chi connectivity index (χ1v) is 6.64. The van der Waals surface area contributed by atoms with Crippen molar-refractivity contribution in [2.45, 2.75) is 13.5 Å². The third kappa shape index (κ3) is 2.16. The molecule has 1 aromatic heterocycles. The number of nitrogens with zero attached hydrogens (tertiary/aromatic N) is 2. The van der Waals surface area contributed by atoms with E-state index in [2.05, 4.69) is 0 Å². The van der Waals surface area contributed by atoms with Crippen molar-refractivity contribution in [3.63, 3.8) is 0 Å². The highest BCUT2D eigenvalue weighted by Gasteiger charge is 2.15. The van der Waals surface area contributed by atoms with Gasteiger partial charge in [0.2, 0.25) is 0 Å². The fourth-order valence-electron chi connectivity index (χ4n) is 2.60. The van der Waals surface area contributed by atoms with Crippen LogP contribution in [-0.4, -0.2) is 9.49 Å². The average Bonchev–Trinajstić information content (AvgIpc) is 2.84. The van der Waals surface area contributed by atoms with Gasteiger partial charge >= 0.3 is 0 Å². The van der Waals surface area contributed by atoms with Gasteiger partial charge in [0.05, 0.1) is 10.6 Å². The summed E-state index contributed by atoms with van der Waals surface area (Å²) in [5.41, 5.74) is 2.13. The molecule has 5 heteroatoms. The number of hydrogen-bond acceptors (Lipinski definition) is 2. The lowest BCUT2D eigenvalue weighted by atomic mass is 10.1. The number of halogens is 1. The van der Waals surface area contributed by atoms with Crippen molar-refractivity contribution < 1.29 is 9.31 Å². The molecule has 0 radical (unpaired) electrons. The van der Waals surface area contributed by atoms with Crippen molar-refractivity contribution in [2.24, 2.45) is 0 Å². The van der Waals surface area contributed by atoms with Crippen LogP contribution in [0.15, 0.2) is 48.5 Å². The first-order valence-electron chi connectivity index (χ1n) is 6.64. The normalized spacial score (nSPS) is 11.0. The molecule has 3 rings (SSSR count). The van der Waals surface area contributed by atoms with E-state index in [4.69, 9.17) is 0 Å². The van der Waals surface area contributed by atoms with Crippen LogP contribution in [0.3, 0.4) is 0 Å². The third-order valence-corrected chi connectivity index (χ3v) is 3.56. The molecular formula is C16H13FN2O2. The van der Waals surface area contributed by atoms with Gasteiger partial charge in [-0.05, 0) is 31.2 Å². The second kappa shape index (κ2) is 5.01. The number of rotatable bonds is 3. The average molecular weight is 284 g/mol. The van der Waals surface area contributed by atoms with Crippen molar-refractivity contribution in [3.8, 4) is 11.3 Å². The van der Waals surface area contributed by atoms with Gasteiger partial charge < -0.3 is 4.57 Å². The van der Waals surface area contributed by atoms with Gasteiger partial charge in [0.1, 0.15) is 5.82 Å². The summed E-state index contributed by atoms with van der Waals surface area (Å²) in [5, 5.41) is 11.6. The Kier molecular flexibility index (Phi) is 3.17. The van der Waals surface area contributed by atoms with Crippen LogP contribution in [0.2, 0.25) is 0 Å². The van der Waals surface area contributed by atoms with Crippen LogP contribution in [-0.2, 0) is 6.54 Å². The van der Waals surface area contributed by atoms with Gasteiger partial charge in [-0.3, -0.25) is 10.1 Å². The fraction of sp³-hybridized carbons (Fsp3) is 0.125. The number of aromatic nitrogens is 1. The zero-order valence-corrected chi connectivity index (χ0v) is 11.4. The highest BCUT2D eigenvalue weighted by atomic mass is 19.1. The van der Waals surface area contributed by atoms with Crippen LogP contribution < -0.4 is 0 Å². The Hall–Kier alpha value is -2.69. The Morgan fingerprint density at radius 2 is 1.95 bits per heavy atom. The van der Waals surface area contributed by atoms with Gasteiger partial charge in [-0.2, -0.15) is 0 Å². The summed E-state index contributed by atoms with van der Waals surface area (Å²) in [5.74, 6) is -0.301. The predicted molar refractivity (Wildman–Crippen MR) is 79.7 cm³/mol. The molecule has 0 saturated heterocycles.